The van der Waals surface area contributed by atoms with Crippen LogP contribution in [0.15, 0.2) is 49.6 Å². The summed E-state index contributed by atoms with van der Waals surface area (Å²) in [5, 5.41) is 23.5. The van der Waals surface area contributed by atoms with Gasteiger partial charge in [-0.05, 0) is 30.2 Å². The smallest absolute Gasteiger partial charge is 0.335 e. The van der Waals surface area contributed by atoms with E-state index in [0.717, 1.165) is 6.42 Å². The first-order chi connectivity index (χ1) is 18.1. The van der Waals surface area contributed by atoms with E-state index in [1.807, 2.05) is 11.8 Å². The average Bonchev–Trinajstić information content (AvgIpc) is 2.87. The lowest BCUT2D eigenvalue weighted by molar-refractivity contribution is -0.178. The van der Waals surface area contributed by atoms with Crippen LogP contribution in [0.3, 0.4) is 0 Å². The van der Waals surface area contributed by atoms with Crippen molar-refractivity contribution >= 4 is 23.9 Å². The SMILES string of the molecule is C=CCN(CC=C)[C@@H]1C[C@@](O)(C(=O)O)C[C@@H](OC(=O)/C=C/c2ccc(OCCC)c(OC)c2)[C@H]1NC(C)=O. The number of aliphatic hydroxyl groups is 1. The van der Waals surface area contributed by atoms with Crippen LogP contribution in [0.5, 0.6) is 11.5 Å². The lowest BCUT2D eigenvalue weighted by Gasteiger charge is -2.47. The third-order valence-corrected chi connectivity index (χ3v) is 6.19. The van der Waals surface area contributed by atoms with Crippen LogP contribution in [0.25, 0.3) is 6.08 Å². The molecule has 10 nitrogen and oxygen atoms in total. The Hall–Kier alpha value is -3.63. The van der Waals surface area contributed by atoms with E-state index in [1.165, 1.54) is 26.2 Å². The largest absolute Gasteiger partial charge is 0.493 e. The predicted molar refractivity (Wildman–Crippen MR) is 143 cm³/mol. The van der Waals surface area contributed by atoms with Crippen LogP contribution in [-0.2, 0) is 19.1 Å². The molecule has 4 atom stereocenters. The maximum Gasteiger partial charge on any atom is 0.335 e. The molecule has 1 aromatic carbocycles. The second-order valence-electron chi connectivity index (χ2n) is 9.14. The Bertz CT molecular complexity index is 1030. The Balaban J connectivity index is 2.32. The van der Waals surface area contributed by atoms with Crippen molar-refractivity contribution in [1.29, 1.82) is 0 Å². The maximum atomic E-state index is 12.8. The van der Waals surface area contributed by atoms with E-state index < -0.39 is 42.1 Å². The Morgan fingerprint density at radius 1 is 1.18 bits per heavy atom. The van der Waals surface area contributed by atoms with Crippen molar-refractivity contribution in [2.24, 2.45) is 0 Å². The number of aliphatic carboxylic acids is 1. The number of nitrogens with zero attached hydrogens (tertiary/aromatic N) is 1. The fraction of sp³-hybridized carbons (Fsp3) is 0.464. The Morgan fingerprint density at radius 3 is 2.42 bits per heavy atom. The molecular weight excluding hydrogens is 492 g/mol. The maximum absolute atomic E-state index is 12.8. The van der Waals surface area contributed by atoms with Crippen LogP contribution in [-0.4, -0.2) is 83.6 Å². The molecule has 0 saturated heterocycles. The summed E-state index contributed by atoms with van der Waals surface area (Å²) in [6.45, 7) is 12.0. The number of carbonyl (C=O) groups is 3. The van der Waals surface area contributed by atoms with Gasteiger partial charge in [-0.25, -0.2) is 9.59 Å². The summed E-state index contributed by atoms with van der Waals surface area (Å²) in [5.74, 6) is -1.49. The van der Waals surface area contributed by atoms with Gasteiger partial charge in [-0.1, -0.05) is 25.1 Å². The predicted octanol–water partition coefficient (Wildman–Crippen LogP) is 2.57. The number of carbonyl (C=O) groups excluding carboxylic acids is 2. The molecule has 38 heavy (non-hydrogen) atoms. The van der Waals surface area contributed by atoms with Crippen molar-refractivity contribution in [3.05, 3.63) is 55.1 Å². The van der Waals surface area contributed by atoms with Gasteiger partial charge in [0.05, 0.1) is 19.8 Å². The molecule has 0 radical (unpaired) electrons. The van der Waals surface area contributed by atoms with Crippen molar-refractivity contribution < 1.29 is 38.8 Å². The Morgan fingerprint density at radius 2 is 1.87 bits per heavy atom. The summed E-state index contributed by atoms with van der Waals surface area (Å²) in [4.78, 5) is 38.7. The summed E-state index contributed by atoms with van der Waals surface area (Å²) >= 11 is 0. The highest BCUT2D eigenvalue weighted by atomic mass is 16.5. The molecule has 1 saturated carbocycles. The minimum absolute atomic E-state index is 0.189. The molecule has 0 bridgehead atoms. The fourth-order valence-electron chi connectivity index (χ4n) is 4.48. The molecule has 0 heterocycles. The zero-order valence-electron chi connectivity index (χ0n) is 22.2. The van der Waals surface area contributed by atoms with Crippen molar-refractivity contribution in [2.75, 3.05) is 26.8 Å². The summed E-state index contributed by atoms with van der Waals surface area (Å²) in [6, 6.07) is 3.74. The number of carboxylic acid groups (broad SMARTS) is 1. The van der Waals surface area contributed by atoms with E-state index in [-0.39, 0.29) is 12.3 Å². The van der Waals surface area contributed by atoms with E-state index >= 15 is 0 Å². The summed E-state index contributed by atoms with van der Waals surface area (Å²) < 4.78 is 16.6. The Labute approximate surface area is 223 Å². The molecule has 1 aliphatic rings. The van der Waals surface area contributed by atoms with Crippen molar-refractivity contribution in [2.45, 2.75) is 56.9 Å². The average molecular weight is 531 g/mol. The van der Waals surface area contributed by atoms with Gasteiger partial charge in [0.25, 0.3) is 0 Å². The number of benzene rings is 1. The monoisotopic (exact) mass is 530 g/mol. The van der Waals surface area contributed by atoms with E-state index in [1.54, 1.807) is 30.4 Å². The van der Waals surface area contributed by atoms with Crippen molar-refractivity contribution in [3.8, 4) is 11.5 Å². The topological polar surface area (TPSA) is 135 Å². The Kier molecular flexibility index (Phi) is 11.5. The third kappa shape index (κ3) is 8.19. The summed E-state index contributed by atoms with van der Waals surface area (Å²) in [7, 11) is 1.52. The molecule has 3 N–H and O–H groups in total. The standard InChI is InChI=1S/C28H38N2O8/c1-6-13-30(14-7-2)21-17-28(35,27(33)34)18-24(26(21)29-19(4)31)38-25(32)12-10-20-9-11-22(37-15-8-3)23(16-20)36-5/h6-7,9-12,16,21,24,26,35H,1-2,8,13-15,17-18H2,3-5H3,(H,29,31)(H,33,34)/b12-10+/t21-,24-,26+,28+/m1/s1. The normalized spacial score (nSPS) is 23.0. The minimum Gasteiger partial charge on any atom is -0.493 e. The van der Waals surface area contributed by atoms with Crippen LogP contribution < -0.4 is 14.8 Å². The van der Waals surface area contributed by atoms with Gasteiger partial charge in [-0.3, -0.25) is 9.69 Å². The van der Waals surface area contributed by atoms with Gasteiger partial charge in [-0.15, -0.1) is 13.2 Å². The lowest BCUT2D eigenvalue weighted by Crippen LogP contribution is -2.66. The first kappa shape index (κ1) is 30.6. The highest BCUT2D eigenvalue weighted by Gasteiger charge is 2.52. The number of hydrogen-bond donors (Lipinski definition) is 3. The molecule has 10 heteroatoms. The van der Waals surface area contributed by atoms with Gasteiger partial charge in [-0.2, -0.15) is 0 Å². The molecule has 208 valence electrons. The van der Waals surface area contributed by atoms with Crippen LogP contribution >= 0.6 is 0 Å². The van der Waals surface area contributed by atoms with Gasteiger partial charge >= 0.3 is 11.9 Å². The third-order valence-electron chi connectivity index (χ3n) is 6.19. The van der Waals surface area contributed by atoms with E-state index in [9.17, 15) is 24.6 Å². The molecule has 1 amide bonds. The number of rotatable bonds is 14. The summed E-state index contributed by atoms with van der Waals surface area (Å²) in [5.41, 5.74) is -1.52. The molecule has 0 aromatic heterocycles. The first-order valence-electron chi connectivity index (χ1n) is 12.5. The quantitative estimate of drug-likeness (QED) is 0.188. The first-order valence-corrected chi connectivity index (χ1v) is 12.5. The van der Waals surface area contributed by atoms with E-state index in [4.69, 9.17) is 14.2 Å². The number of hydrogen-bond acceptors (Lipinski definition) is 8. The molecule has 2 rings (SSSR count). The summed E-state index contributed by atoms with van der Waals surface area (Å²) in [6.07, 6.45) is 5.11. The molecule has 1 aromatic rings. The number of methoxy groups -OCH3 is 1. The number of carboxylic acids is 1. The number of nitrogens with one attached hydrogen (secondary N) is 1. The fourth-order valence-corrected chi connectivity index (χ4v) is 4.48. The van der Waals surface area contributed by atoms with E-state index in [2.05, 4.69) is 18.5 Å². The van der Waals surface area contributed by atoms with Gasteiger partial charge < -0.3 is 29.7 Å². The van der Waals surface area contributed by atoms with Crippen LogP contribution in [0.1, 0.15) is 38.7 Å². The van der Waals surface area contributed by atoms with Gasteiger partial charge in [0, 0.05) is 45.0 Å². The molecule has 0 aliphatic heterocycles. The molecule has 1 fully saturated rings. The van der Waals surface area contributed by atoms with Crippen molar-refractivity contribution in [1.82, 2.24) is 10.2 Å². The minimum atomic E-state index is -2.17. The highest BCUT2D eigenvalue weighted by Crippen LogP contribution is 2.34. The molecule has 1 aliphatic carbocycles. The lowest BCUT2D eigenvalue weighted by atomic mass is 9.76. The van der Waals surface area contributed by atoms with Gasteiger partial charge in [0.15, 0.2) is 17.1 Å². The molecule has 0 spiro atoms. The van der Waals surface area contributed by atoms with Gasteiger partial charge in [0.1, 0.15) is 6.10 Å². The number of esters is 1. The molecular formula is C28H38N2O8. The van der Waals surface area contributed by atoms with Crippen LogP contribution in [0.2, 0.25) is 0 Å². The van der Waals surface area contributed by atoms with E-state index in [0.29, 0.717) is 36.8 Å². The van der Waals surface area contributed by atoms with Gasteiger partial charge in [0.2, 0.25) is 5.91 Å². The zero-order chi connectivity index (χ0) is 28.3. The van der Waals surface area contributed by atoms with Crippen LogP contribution in [0.4, 0.5) is 0 Å². The second kappa shape index (κ2) is 14.3. The highest BCUT2D eigenvalue weighted by molar-refractivity contribution is 5.87. The zero-order valence-corrected chi connectivity index (χ0v) is 22.2. The number of ether oxygens (including phenoxy) is 3. The van der Waals surface area contributed by atoms with Crippen molar-refractivity contribution in [3.63, 3.8) is 0 Å². The number of amides is 1. The van der Waals surface area contributed by atoms with Crippen LogP contribution in [0, 0.1) is 0 Å². The molecule has 0 unspecified atom stereocenters. The second-order valence-corrected chi connectivity index (χ2v) is 9.14.